The average Bonchev–Trinajstić information content (AvgIpc) is 2.11. The Bertz CT molecular complexity index is 271. The summed E-state index contributed by atoms with van der Waals surface area (Å²) in [6.07, 6.45) is 1.23. The third-order valence-electron chi connectivity index (χ3n) is 2.02. The smallest absolute Gasteiger partial charge is 0.0372 e. The van der Waals surface area contributed by atoms with Crippen molar-refractivity contribution in [1.29, 1.82) is 0 Å². The summed E-state index contributed by atoms with van der Waals surface area (Å²) >= 11 is 2.41. The van der Waals surface area contributed by atoms with Crippen LogP contribution in [0.5, 0.6) is 0 Å². The molecule has 0 spiro atoms. The van der Waals surface area contributed by atoms with Crippen molar-refractivity contribution in [2.24, 2.45) is 0 Å². The summed E-state index contributed by atoms with van der Waals surface area (Å²) in [6.45, 7) is 5.35. The van der Waals surface area contributed by atoms with E-state index in [1.54, 1.807) is 0 Å². The summed E-state index contributed by atoms with van der Waals surface area (Å²) in [4.78, 5) is 0. The van der Waals surface area contributed by atoms with E-state index in [9.17, 15) is 0 Å². The van der Waals surface area contributed by atoms with Crippen LogP contribution in [0, 0.1) is 13.8 Å². The van der Waals surface area contributed by atoms with Gasteiger partial charge in [0.05, 0.1) is 0 Å². The molecular formula is C11H16IN. The topological polar surface area (TPSA) is 12.0 Å². The molecule has 0 amide bonds. The number of anilines is 1. The molecule has 0 saturated heterocycles. The molecule has 2 heteroatoms. The SMILES string of the molecule is Cc1ccc(C)c(NCCCI)c1. The van der Waals surface area contributed by atoms with Gasteiger partial charge in [0.15, 0.2) is 0 Å². The average molecular weight is 289 g/mol. The predicted octanol–water partition coefficient (Wildman–Crippen LogP) is 3.54. The molecule has 0 fully saturated rings. The molecule has 0 heterocycles. The van der Waals surface area contributed by atoms with Crippen molar-refractivity contribution in [3.63, 3.8) is 0 Å². The van der Waals surface area contributed by atoms with Crippen LogP contribution in [-0.2, 0) is 0 Å². The van der Waals surface area contributed by atoms with Crippen molar-refractivity contribution >= 4 is 28.3 Å². The number of hydrogen-bond acceptors (Lipinski definition) is 1. The van der Waals surface area contributed by atoms with Gasteiger partial charge in [-0.05, 0) is 37.5 Å². The van der Waals surface area contributed by atoms with Gasteiger partial charge in [-0.2, -0.15) is 0 Å². The van der Waals surface area contributed by atoms with Gasteiger partial charge in [-0.15, -0.1) is 0 Å². The van der Waals surface area contributed by atoms with Crippen LogP contribution in [0.2, 0.25) is 0 Å². The molecule has 0 radical (unpaired) electrons. The first kappa shape index (κ1) is 10.8. The minimum absolute atomic E-state index is 1.08. The number of rotatable bonds is 4. The van der Waals surface area contributed by atoms with Gasteiger partial charge >= 0.3 is 0 Å². The van der Waals surface area contributed by atoms with Crippen molar-refractivity contribution < 1.29 is 0 Å². The fourth-order valence-electron chi connectivity index (χ4n) is 1.22. The van der Waals surface area contributed by atoms with Crippen molar-refractivity contribution in [1.82, 2.24) is 0 Å². The zero-order valence-electron chi connectivity index (χ0n) is 8.23. The highest BCUT2D eigenvalue weighted by atomic mass is 127. The van der Waals surface area contributed by atoms with Crippen LogP contribution in [0.1, 0.15) is 17.5 Å². The van der Waals surface area contributed by atoms with E-state index >= 15 is 0 Å². The Balaban J connectivity index is 2.59. The van der Waals surface area contributed by atoms with Crippen molar-refractivity contribution in [2.45, 2.75) is 20.3 Å². The van der Waals surface area contributed by atoms with Gasteiger partial charge < -0.3 is 5.32 Å². The maximum absolute atomic E-state index is 3.45. The van der Waals surface area contributed by atoms with Gasteiger partial charge in [-0.3, -0.25) is 0 Å². The Morgan fingerprint density at radius 2 is 2.08 bits per heavy atom. The Labute approximate surface area is 94.1 Å². The van der Waals surface area contributed by atoms with Crippen molar-refractivity contribution in [3.8, 4) is 0 Å². The second-order valence-corrected chi connectivity index (χ2v) is 4.37. The Morgan fingerprint density at radius 1 is 1.31 bits per heavy atom. The van der Waals surface area contributed by atoms with Crippen LogP contribution < -0.4 is 5.32 Å². The Morgan fingerprint density at radius 3 is 2.77 bits per heavy atom. The number of benzene rings is 1. The maximum atomic E-state index is 3.45. The Hall–Kier alpha value is -0.250. The van der Waals surface area contributed by atoms with Crippen molar-refractivity contribution in [2.75, 3.05) is 16.3 Å². The molecule has 0 saturated carbocycles. The molecule has 13 heavy (non-hydrogen) atoms. The van der Waals surface area contributed by atoms with E-state index < -0.39 is 0 Å². The van der Waals surface area contributed by atoms with Gasteiger partial charge in [-0.1, -0.05) is 34.7 Å². The lowest BCUT2D eigenvalue weighted by atomic mass is 10.1. The van der Waals surface area contributed by atoms with Crippen LogP contribution in [0.4, 0.5) is 5.69 Å². The van der Waals surface area contributed by atoms with E-state index in [4.69, 9.17) is 0 Å². The van der Waals surface area contributed by atoms with Gasteiger partial charge in [0.1, 0.15) is 0 Å². The molecule has 0 aliphatic carbocycles. The second kappa shape index (κ2) is 5.47. The third kappa shape index (κ3) is 3.55. The van der Waals surface area contributed by atoms with E-state index in [-0.39, 0.29) is 0 Å². The van der Waals surface area contributed by atoms with Gasteiger partial charge in [-0.25, -0.2) is 0 Å². The zero-order chi connectivity index (χ0) is 9.68. The lowest BCUT2D eigenvalue weighted by molar-refractivity contribution is 1.00. The minimum atomic E-state index is 1.08. The molecule has 1 N–H and O–H groups in total. The van der Waals surface area contributed by atoms with E-state index in [1.165, 1.54) is 27.7 Å². The standard InChI is InChI=1S/C11H16IN/c1-9-4-5-10(2)11(8-9)13-7-3-6-12/h4-5,8,13H,3,6-7H2,1-2H3. The second-order valence-electron chi connectivity index (χ2n) is 3.29. The monoisotopic (exact) mass is 289 g/mol. The highest BCUT2D eigenvalue weighted by Crippen LogP contribution is 2.15. The van der Waals surface area contributed by atoms with E-state index in [0.717, 1.165) is 6.54 Å². The lowest BCUT2D eigenvalue weighted by Gasteiger charge is -2.09. The lowest BCUT2D eigenvalue weighted by Crippen LogP contribution is -2.03. The van der Waals surface area contributed by atoms with Crippen LogP contribution in [-0.4, -0.2) is 11.0 Å². The molecule has 0 aromatic heterocycles. The molecule has 1 nitrogen and oxygen atoms in total. The summed E-state index contributed by atoms with van der Waals surface area (Å²) in [6, 6.07) is 6.53. The maximum Gasteiger partial charge on any atom is 0.0372 e. The third-order valence-corrected chi connectivity index (χ3v) is 2.78. The summed E-state index contributed by atoms with van der Waals surface area (Å²) in [5, 5.41) is 3.45. The molecule has 0 aliphatic rings. The van der Waals surface area contributed by atoms with Gasteiger partial charge in [0, 0.05) is 16.7 Å². The summed E-state index contributed by atoms with van der Waals surface area (Å²) in [5.74, 6) is 0. The normalized spacial score (nSPS) is 10.1. The zero-order valence-corrected chi connectivity index (χ0v) is 10.4. The first-order chi connectivity index (χ1) is 6.24. The van der Waals surface area contributed by atoms with E-state index in [2.05, 4.69) is 60.0 Å². The fourth-order valence-corrected chi connectivity index (χ4v) is 1.60. The first-order valence-corrected chi connectivity index (χ1v) is 6.13. The van der Waals surface area contributed by atoms with Crippen LogP contribution >= 0.6 is 22.6 Å². The highest BCUT2D eigenvalue weighted by molar-refractivity contribution is 14.1. The Kier molecular flexibility index (Phi) is 4.56. The van der Waals surface area contributed by atoms with Crippen LogP contribution in [0.25, 0.3) is 0 Å². The summed E-state index contributed by atoms with van der Waals surface area (Å²) in [5.41, 5.74) is 3.94. The van der Waals surface area contributed by atoms with E-state index in [1.807, 2.05) is 0 Å². The largest absolute Gasteiger partial charge is 0.385 e. The van der Waals surface area contributed by atoms with Gasteiger partial charge in [0.2, 0.25) is 0 Å². The van der Waals surface area contributed by atoms with Gasteiger partial charge in [0.25, 0.3) is 0 Å². The number of aryl methyl sites for hydroxylation is 2. The van der Waals surface area contributed by atoms with Crippen LogP contribution in [0.15, 0.2) is 18.2 Å². The fraction of sp³-hybridized carbons (Fsp3) is 0.455. The molecule has 1 aromatic carbocycles. The number of halogens is 1. The summed E-state index contributed by atoms with van der Waals surface area (Å²) < 4.78 is 1.22. The first-order valence-electron chi connectivity index (χ1n) is 4.61. The number of hydrogen-bond donors (Lipinski definition) is 1. The highest BCUT2D eigenvalue weighted by Gasteiger charge is 1.96. The molecule has 0 bridgehead atoms. The number of nitrogens with one attached hydrogen (secondary N) is 1. The molecule has 1 aromatic rings. The summed E-state index contributed by atoms with van der Waals surface area (Å²) in [7, 11) is 0. The number of alkyl halides is 1. The van der Waals surface area contributed by atoms with Crippen molar-refractivity contribution in [3.05, 3.63) is 29.3 Å². The molecule has 0 aliphatic heterocycles. The molecular weight excluding hydrogens is 273 g/mol. The molecule has 0 atom stereocenters. The molecule has 72 valence electrons. The van der Waals surface area contributed by atoms with E-state index in [0.29, 0.717) is 0 Å². The quantitative estimate of drug-likeness (QED) is 0.508. The van der Waals surface area contributed by atoms with Crippen LogP contribution in [0.3, 0.4) is 0 Å². The predicted molar refractivity (Wildman–Crippen MR) is 67.9 cm³/mol. The minimum Gasteiger partial charge on any atom is -0.385 e. The molecule has 1 rings (SSSR count). The molecule has 0 unspecified atom stereocenters.